The number of carbonyl (C=O) groups excluding carboxylic acids is 1. The number of carbonyl (C=O) groups is 1. The fourth-order valence-electron chi connectivity index (χ4n) is 2.32. The summed E-state index contributed by atoms with van der Waals surface area (Å²) in [5, 5.41) is 14.1. The summed E-state index contributed by atoms with van der Waals surface area (Å²) in [6.07, 6.45) is 1.05. The second-order valence-corrected chi connectivity index (χ2v) is 5.73. The van der Waals surface area contributed by atoms with E-state index in [-0.39, 0.29) is 17.3 Å². The zero-order valence-electron chi connectivity index (χ0n) is 14.6. The maximum atomic E-state index is 13.8. The largest absolute Gasteiger partial charge is 0.355 e. The number of hydrazine groups is 1. The van der Waals surface area contributed by atoms with Gasteiger partial charge in [-0.05, 0) is 31.2 Å². The van der Waals surface area contributed by atoms with Crippen molar-refractivity contribution >= 4 is 28.9 Å². The van der Waals surface area contributed by atoms with Crippen molar-refractivity contribution in [3.05, 3.63) is 81.9 Å². The highest BCUT2D eigenvalue weighted by atomic mass is 19.1. The molecular weight excluding hydrogens is 367 g/mol. The first kappa shape index (κ1) is 18.7. The molecule has 3 rings (SSSR count). The number of nitrogens with zero attached hydrogens (tertiary/aromatic N) is 3. The third kappa shape index (κ3) is 4.18. The van der Waals surface area contributed by atoms with Crippen LogP contribution in [0.1, 0.15) is 15.9 Å². The molecule has 0 aliphatic heterocycles. The number of aromatic nitrogens is 2. The molecule has 0 fully saturated rings. The highest BCUT2D eigenvalue weighted by molar-refractivity contribution is 5.95. The molecule has 0 saturated heterocycles. The van der Waals surface area contributed by atoms with Crippen LogP contribution in [0, 0.1) is 22.9 Å². The normalized spacial score (nSPS) is 10.2. The van der Waals surface area contributed by atoms with Gasteiger partial charge >= 0.3 is 5.69 Å². The van der Waals surface area contributed by atoms with Gasteiger partial charge in [-0.25, -0.2) is 14.4 Å². The number of nitro groups is 1. The molecule has 0 radical (unpaired) electrons. The Labute approximate surface area is 158 Å². The van der Waals surface area contributed by atoms with Crippen LogP contribution in [0.15, 0.2) is 54.9 Å². The molecule has 142 valence electrons. The summed E-state index contributed by atoms with van der Waals surface area (Å²) < 4.78 is 13.8. The van der Waals surface area contributed by atoms with Crippen molar-refractivity contribution < 1.29 is 14.1 Å². The molecule has 1 aromatic heterocycles. The van der Waals surface area contributed by atoms with Crippen molar-refractivity contribution in [2.75, 3.05) is 10.7 Å². The molecular formula is C18H15FN6O3. The Morgan fingerprint density at radius 2 is 1.75 bits per heavy atom. The Morgan fingerprint density at radius 3 is 2.43 bits per heavy atom. The van der Waals surface area contributed by atoms with Gasteiger partial charge in [-0.2, -0.15) is 0 Å². The Balaban J connectivity index is 1.83. The Hall–Kier alpha value is -4.08. The lowest BCUT2D eigenvalue weighted by Gasteiger charge is -2.11. The molecule has 1 heterocycles. The molecule has 1 amide bonds. The molecule has 2 aromatic carbocycles. The lowest BCUT2D eigenvalue weighted by atomic mass is 10.1. The highest BCUT2D eigenvalue weighted by Gasteiger charge is 2.24. The minimum absolute atomic E-state index is 0.0129. The average molecular weight is 382 g/mol. The Bertz CT molecular complexity index is 1030. The van der Waals surface area contributed by atoms with Crippen molar-refractivity contribution in [1.29, 1.82) is 0 Å². The minimum Gasteiger partial charge on any atom is -0.332 e. The third-order valence-electron chi connectivity index (χ3n) is 3.74. The molecule has 28 heavy (non-hydrogen) atoms. The first-order valence-corrected chi connectivity index (χ1v) is 8.09. The number of rotatable bonds is 6. The number of anilines is 3. The maximum Gasteiger partial charge on any atom is 0.355 e. The molecule has 0 atom stereocenters. The smallest absolute Gasteiger partial charge is 0.332 e. The van der Waals surface area contributed by atoms with E-state index in [9.17, 15) is 19.3 Å². The topological polar surface area (TPSA) is 122 Å². The van der Waals surface area contributed by atoms with E-state index in [1.165, 1.54) is 18.2 Å². The van der Waals surface area contributed by atoms with E-state index < -0.39 is 22.3 Å². The lowest BCUT2D eigenvalue weighted by Crippen LogP contribution is -2.30. The number of nitrogens with one attached hydrogen (secondary N) is 3. The van der Waals surface area contributed by atoms with Gasteiger partial charge in [-0.3, -0.25) is 25.8 Å². The summed E-state index contributed by atoms with van der Waals surface area (Å²) in [4.78, 5) is 30.6. The van der Waals surface area contributed by atoms with E-state index in [2.05, 4.69) is 26.1 Å². The first-order valence-electron chi connectivity index (χ1n) is 8.09. The number of amides is 1. The zero-order chi connectivity index (χ0) is 20.1. The van der Waals surface area contributed by atoms with Gasteiger partial charge in [0, 0.05) is 5.56 Å². The van der Waals surface area contributed by atoms with Crippen molar-refractivity contribution in [2.24, 2.45) is 0 Å². The number of para-hydroxylation sites is 1. The number of hydrogen-bond donors (Lipinski definition) is 3. The zero-order valence-corrected chi connectivity index (χ0v) is 14.6. The fraction of sp³-hybridized carbons (Fsp3) is 0.0556. The van der Waals surface area contributed by atoms with Crippen LogP contribution in [0.5, 0.6) is 0 Å². The monoisotopic (exact) mass is 382 g/mol. The summed E-state index contributed by atoms with van der Waals surface area (Å²) in [6.45, 7) is 1.88. The summed E-state index contributed by atoms with van der Waals surface area (Å²) in [5.74, 6) is -1.58. The van der Waals surface area contributed by atoms with Gasteiger partial charge in [0.05, 0.1) is 10.6 Å². The molecule has 0 bridgehead atoms. The Morgan fingerprint density at radius 1 is 1.07 bits per heavy atom. The van der Waals surface area contributed by atoms with Crippen molar-refractivity contribution in [2.45, 2.75) is 6.92 Å². The third-order valence-corrected chi connectivity index (χ3v) is 3.74. The van der Waals surface area contributed by atoms with Crippen molar-refractivity contribution in [1.82, 2.24) is 15.4 Å². The van der Waals surface area contributed by atoms with Crippen LogP contribution in [0.4, 0.5) is 27.4 Å². The standard InChI is InChI=1S/C18H15FN6O3/c1-11-6-8-12(9-7-11)18(26)24-23-17-15(25(27)28)16(20-10-21-17)22-14-5-3-2-4-13(14)19/h2-10H,1H3,(H,24,26)(H2,20,21,22,23). The van der Waals surface area contributed by atoms with E-state index in [4.69, 9.17) is 0 Å². The number of aryl methyl sites for hydroxylation is 1. The van der Waals surface area contributed by atoms with Gasteiger partial charge in [0.15, 0.2) is 0 Å². The van der Waals surface area contributed by atoms with E-state index in [1.807, 2.05) is 6.92 Å². The molecule has 0 aliphatic rings. The molecule has 0 aliphatic carbocycles. The van der Waals surface area contributed by atoms with Crippen LogP contribution in [0.2, 0.25) is 0 Å². The molecule has 3 aromatic rings. The van der Waals surface area contributed by atoms with Gasteiger partial charge in [0.25, 0.3) is 5.91 Å². The predicted octanol–water partition coefficient (Wildman–Crippen LogP) is 3.33. The SMILES string of the molecule is Cc1ccc(C(=O)NNc2ncnc(Nc3ccccc3F)c2[N+](=O)[O-])cc1. The van der Waals surface area contributed by atoms with E-state index in [1.54, 1.807) is 30.3 Å². The van der Waals surface area contributed by atoms with Gasteiger partial charge in [0.2, 0.25) is 11.6 Å². The second-order valence-electron chi connectivity index (χ2n) is 5.73. The second kappa shape index (κ2) is 8.08. The summed E-state index contributed by atoms with van der Waals surface area (Å²) in [7, 11) is 0. The molecule has 3 N–H and O–H groups in total. The van der Waals surface area contributed by atoms with Crippen LogP contribution < -0.4 is 16.2 Å². The average Bonchev–Trinajstić information content (AvgIpc) is 2.68. The van der Waals surface area contributed by atoms with Gasteiger partial charge in [-0.15, -0.1) is 0 Å². The summed E-state index contributed by atoms with van der Waals surface area (Å²) in [6, 6.07) is 12.4. The summed E-state index contributed by atoms with van der Waals surface area (Å²) in [5.41, 5.74) is 5.58. The van der Waals surface area contributed by atoms with E-state index in [0.29, 0.717) is 5.56 Å². The Kier molecular flexibility index (Phi) is 5.40. The number of benzene rings is 2. The quantitative estimate of drug-likeness (QED) is 0.441. The van der Waals surface area contributed by atoms with Crippen molar-refractivity contribution in [3.63, 3.8) is 0 Å². The van der Waals surface area contributed by atoms with Crippen molar-refractivity contribution in [3.8, 4) is 0 Å². The molecule has 0 spiro atoms. The van der Waals surface area contributed by atoms with Gasteiger partial charge in [0.1, 0.15) is 12.1 Å². The summed E-state index contributed by atoms with van der Waals surface area (Å²) >= 11 is 0. The van der Waals surface area contributed by atoms with Crippen LogP contribution in [0.25, 0.3) is 0 Å². The predicted molar refractivity (Wildman–Crippen MR) is 101 cm³/mol. The number of halogens is 1. The molecule has 10 heteroatoms. The maximum absolute atomic E-state index is 13.8. The first-order chi connectivity index (χ1) is 13.5. The highest BCUT2D eigenvalue weighted by Crippen LogP contribution is 2.31. The van der Waals surface area contributed by atoms with Crippen LogP contribution >= 0.6 is 0 Å². The molecule has 9 nitrogen and oxygen atoms in total. The molecule has 0 unspecified atom stereocenters. The fourth-order valence-corrected chi connectivity index (χ4v) is 2.32. The van der Waals surface area contributed by atoms with Gasteiger partial charge in [-0.1, -0.05) is 29.8 Å². The molecule has 0 saturated carbocycles. The lowest BCUT2D eigenvalue weighted by molar-refractivity contribution is -0.383. The minimum atomic E-state index is -0.733. The van der Waals surface area contributed by atoms with E-state index in [0.717, 1.165) is 11.9 Å². The van der Waals surface area contributed by atoms with E-state index >= 15 is 0 Å². The number of hydrogen-bond acceptors (Lipinski definition) is 7. The van der Waals surface area contributed by atoms with Crippen LogP contribution in [-0.2, 0) is 0 Å². The van der Waals surface area contributed by atoms with Gasteiger partial charge < -0.3 is 5.32 Å². The van der Waals surface area contributed by atoms with Crippen LogP contribution in [-0.4, -0.2) is 20.8 Å². The van der Waals surface area contributed by atoms with Crippen LogP contribution in [0.3, 0.4) is 0 Å².